The number of hydrogen-bond donors (Lipinski definition) is 1. The average Bonchev–Trinajstić information content (AvgIpc) is 3.09. The third kappa shape index (κ3) is 4.16. The summed E-state index contributed by atoms with van der Waals surface area (Å²) in [5.41, 5.74) is -2.68. The summed E-state index contributed by atoms with van der Waals surface area (Å²) in [7, 11) is 0. The van der Waals surface area contributed by atoms with Crippen molar-refractivity contribution in [2.75, 3.05) is 5.32 Å². The number of carbonyl (C=O) groups excluding carboxylic acids is 2. The smallest absolute Gasteiger partial charge is 0.433 e. The summed E-state index contributed by atoms with van der Waals surface area (Å²) < 4.78 is 58.1. The van der Waals surface area contributed by atoms with Gasteiger partial charge in [-0.05, 0) is 46.0 Å². The van der Waals surface area contributed by atoms with E-state index in [0.29, 0.717) is 12.8 Å². The summed E-state index contributed by atoms with van der Waals surface area (Å²) in [6, 6.07) is -0.836. The van der Waals surface area contributed by atoms with Crippen LogP contribution in [-0.2, 0) is 15.7 Å². The Hall–Kier alpha value is -2.39. The van der Waals surface area contributed by atoms with E-state index >= 15 is 0 Å². The van der Waals surface area contributed by atoms with Gasteiger partial charge >= 0.3 is 12.3 Å². The summed E-state index contributed by atoms with van der Waals surface area (Å²) >= 11 is 0. The van der Waals surface area contributed by atoms with E-state index in [1.54, 1.807) is 20.8 Å². The third-order valence-electron chi connectivity index (χ3n) is 5.28. The van der Waals surface area contributed by atoms with Crippen LogP contribution < -0.4 is 5.32 Å². The lowest BCUT2D eigenvalue weighted by molar-refractivity contribution is -0.141. The number of carbonyl (C=O) groups is 2. The minimum Gasteiger partial charge on any atom is -0.444 e. The number of hydrogen-bond acceptors (Lipinski definition) is 4. The maximum atomic E-state index is 13.9. The molecule has 0 aromatic carbocycles. The Kier molecular flexibility index (Phi) is 4.83. The number of anilines is 1. The Labute approximate surface area is 165 Å². The minimum absolute atomic E-state index is 0.180. The van der Waals surface area contributed by atoms with Gasteiger partial charge in [0, 0.05) is 17.7 Å². The normalized spacial score (nSPS) is 26.2. The molecule has 1 saturated carbocycles. The number of piperidine rings is 1. The zero-order valence-electron chi connectivity index (χ0n) is 16.8. The summed E-state index contributed by atoms with van der Waals surface area (Å²) in [5.74, 6) is -2.37. The monoisotopic (exact) mass is 417 g/mol. The molecule has 1 aromatic rings. The molecule has 29 heavy (non-hydrogen) atoms. The molecule has 6 nitrogen and oxygen atoms in total. The lowest BCUT2D eigenvalue weighted by atomic mass is 10.0. The van der Waals surface area contributed by atoms with Gasteiger partial charge in [0.15, 0.2) is 0 Å². The maximum absolute atomic E-state index is 13.9. The van der Waals surface area contributed by atoms with E-state index in [9.17, 15) is 27.2 Å². The number of nitrogens with one attached hydrogen (secondary N) is 1. The lowest BCUT2D eigenvalue weighted by Gasteiger charge is -2.30. The summed E-state index contributed by atoms with van der Waals surface area (Å²) in [5, 5.41) is 2.27. The van der Waals surface area contributed by atoms with E-state index in [-0.39, 0.29) is 23.1 Å². The molecular weight excluding hydrogens is 394 g/mol. The van der Waals surface area contributed by atoms with Gasteiger partial charge < -0.3 is 10.1 Å². The molecule has 2 aliphatic rings. The highest BCUT2D eigenvalue weighted by molar-refractivity contribution is 5.97. The van der Waals surface area contributed by atoms with Gasteiger partial charge in [-0.1, -0.05) is 6.92 Å². The van der Waals surface area contributed by atoms with Gasteiger partial charge in [0.25, 0.3) is 0 Å². The van der Waals surface area contributed by atoms with Crippen LogP contribution >= 0.6 is 0 Å². The van der Waals surface area contributed by atoms with Crippen molar-refractivity contribution in [3.63, 3.8) is 0 Å². The molecule has 1 aliphatic carbocycles. The molecule has 2 heterocycles. The van der Waals surface area contributed by atoms with E-state index in [4.69, 9.17) is 4.74 Å². The van der Waals surface area contributed by atoms with Gasteiger partial charge in [-0.3, -0.25) is 9.69 Å². The van der Waals surface area contributed by atoms with Gasteiger partial charge in [-0.25, -0.2) is 14.2 Å². The molecule has 0 radical (unpaired) electrons. The van der Waals surface area contributed by atoms with E-state index in [1.165, 1.54) is 11.8 Å². The van der Waals surface area contributed by atoms with Crippen molar-refractivity contribution in [3.05, 3.63) is 23.1 Å². The second-order valence-corrected chi connectivity index (χ2v) is 8.93. The first-order chi connectivity index (χ1) is 13.1. The second kappa shape index (κ2) is 6.56. The quantitative estimate of drug-likeness (QED) is 0.730. The lowest BCUT2D eigenvalue weighted by Crippen LogP contribution is -2.47. The highest BCUT2D eigenvalue weighted by Gasteiger charge is 2.65. The maximum Gasteiger partial charge on any atom is 0.433 e. The topological polar surface area (TPSA) is 71.5 Å². The Morgan fingerprint density at radius 3 is 2.45 bits per heavy atom. The summed E-state index contributed by atoms with van der Waals surface area (Å²) in [6.45, 7) is 8.23. The van der Waals surface area contributed by atoms with Crippen molar-refractivity contribution in [1.29, 1.82) is 0 Å². The van der Waals surface area contributed by atoms with E-state index in [0.717, 1.165) is 0 Å². The fourth-order valence-electron chi connectivity index (χ4n) is 3.63. The van der Waals surface area contributed by atoms with Gasteiger partial charge in [0.2, 0.25) is 5.91 Å². The number of alkyl halides is 3. The molecule has 0 spiro atoms. The number of likely N-dealkylation sites (tertiary alicyclic amines) is 1. The van der Waals surface area contributed by atoms with E-state index in [2.05, 4.69) is 10.3 Å². The van der Waals surface area contributed by atoms with Crippen LogP contribution in [0.5, 0.6) is 0 Å². The molecular formula is C19H23F4N3O3. The molecule has 160 valence electrons. The van der Waals surface area contributed by atoms with Crippen molar-refractivity contribution < 1.29 is 31.9 Å². The molecule has 1 saturated heterocycles. The fraction of sp³-hybridized carbons (Fsp3) is 0.632. The van der Waals surface area contributed by atoms with Crippen molar-refractivity contribution in [2.45, 2.75) is 71.3 Å². The summed E-state index contributed by atoms with van der Waals surface area (Å²) in [4.78, 5) is 30.1. The molecule has 2 fully saturated rings. The fourth-order valence-corrected chi connectivity index (χ4v) is 3.63. The van der Waals surface area contributed by atoms with Crippen LogP contribution in [0.2, 0.25) is 0 Å². The standard InChI is InChI=1S/C19H23F4N3O3/c1-9-10(20)6-12(19(21,22)23)24-14(9)25-15(27)11-7-18(5)8-13(18)26(11)16(28)29-17(2,3)4/h6,11,13H,7-8H2,1-5H3,(H,24,25,27)/t11-,13+,18-/m0/s1. The largest absolute Gasteiger partial charge is 0.444 e. The molecule has 2 amide bonds. The molecule has 0 bridgehead atoms. The number of ether oxygens (including phenoxy) is 1. The van der Waals surface area contributed by atoms with Crippen molar-refractivity contribution in [1.82, 2.24) is 9.88 Å². The molecule has 0 unspecified atom stereocenters. The van der Waals surface area contributed by atoms with Crippen LogP contribution in [0.4, 0.5) is 28.2 Å². The first kappa shape index (κ1) is 21.3. The number of amides is 2. The van der Waals surface area contributed by atoms with Crippen LogP contribution in [-0.4, -0.2) is 39.6 Å². The first-order valence-corrected chi connectivity index (χ1v) is 9.19. The van der Waals surface area contributed by atoms with Crippen LogP contribution in [0, 0.1) is 18.2 Å². The Bertz CT molecular complexity index is 865. The molecule has 1 aromatic heterocycles. The number of aromatic nitrogens is 1. The van der Waals surface area contributed by atoms with Crippen LogP contribution in [0.15, 0.2) is 6.07 Å². The highest BCUT2D eigenvalue weighted by atomic mass is 19.4. The third-order valence-corrected chi connectivity index (χ3v) is 5.28. The van der Waals surface area contributed by atoms with Crippen LogP contribution in [0.25, 0.3) is 0 Å². The Morgan fingerprint density at radius 1 is 1.28 bits per heavy atom. The number of halogens is 4. The average molecular weight is 417 g/mol. The number of fused-ring (bicyclic) bond motifs is 1. The van der Waals surface area contributed by atoms with E-state index < -0.39 is 47.1 Å². The predicted molar refractivity (Wildman–Crippen MR) is 95.6 cm³/mol. The SMILES string of the molecule is Cc1c(F)cc(C(F)(F)F)nc1NC(=O)[C@@H]1C[C@@]2(C)C[C@H]2N1C(=O)OC(C)(C)C. The highest BCUT2D eigenvalue weighted by Crippen LogP contribution is 2.59. The molecule has 1 N–H and O–H groups in total. The zero-order chi connectivity index (χ0) is 21.9. The van der Waals surface area contributed by atoms with Crippen molar-refractivity contribution >= 4 is 17.8 Å². The first-order valence-electron chi connectivity index (χ1n) is 9.19. The predicted octanol–water partition coefficient (Wildman–Crippen LogP) is 4.27. The summed E-state index contributed by atoms with van der Waals surface area (Å²) in [6.07, 6.45) is -4.47. The second-order valence-electron chi connectivity index (χ2n) is 8.93. The minimum atomic E-state index is -4.86. The van der Waals surface area contributed by atoms with E-state index in [1.807, 2.05) is 6.92 Å². The number of pyridine rings is 1. The van der Waals surface area contributed by atoms with Gasteiger partial charge in [-0.2, -0.15) is 13.2 Å². The van der Waals surface area contributed by atoms with Gasteiger partial charge in [0.05, 0.1) is 0 Å². The van der Waals surface area contributed by atoms with Gasteiger partial charge in [0.1, 0.15) is 29.0 Å². The molecule has 1 aliphatic heterocycles. The Balaban J connectivity index is 1.85. The zero-order valence-corrected chi connectivity index (χ0v) is 16.8. The van der Waals surface area contributed by atoms with Crippen molar-refractivity contribution in [3.8, 4) is 0 Å². The van der Waals surface area contributed by atoms with Gasteiger partial charge in [-0.15, -0.1) is 0 Å². The van der Waals surface area contributed by atoms with Crippen LogP contribution in [0.1, 0.15) is 51.8 Å². The number of nitrogens with zero attached hydrogens (tertiary/aromatic N) is 2. The van der Waals surface area contributed by atoms with Crippen molar-refractivity contribution in [2.24, 2.45) is 5.41 Å². The van der Waals surface area contributed by atoms with Crippen LogP contribution in [0.3, 0.4) is 0 Å². The molecule has 3 rings (SSSR count). The Morgan fingerprint density at radius 2 is 1.90 bits per heavy atom. The molecule has 3 atom stereocenters. The molecule has 10 heteroatoms. The number of rotatable bonds is 2.